The molecule has 1 aliphatic heterocycles. The monoisotopic (exact) mass is 390 g/mol. The van der Waals surface area contributed by atoms with E-state index in [4.69, 9.17) is 4.74 Å². The van der Waals surface area contributed by atoms with E-state index in [1.807, 2.05) is 24.3 Å². The molecular weight excluding hydrogens is 371 g/mol. The molecule has 0 saturated heterocycles. The number of pyridine rings is 1. The number of benzene rings is 2. The van der Waals surface area contributed by atoms with Crippen molar-refractivity contribution in [1.82, 2.24) is 4.98 Å². The number of aromatic carboxylic acids is 1. The maximum atomic E-state index is 14.1. The van der Waals surface area contributed by atoms with Gasteiger partial charge in [-0.15, -0.1) is 0 Å². The quantitative estimate of drug-likeness (QED) is 0.605. The second kappa shape index (κ2) is 8.22. The van der Waals surface area contributed by atoms with Gasteiger partial charge in [-0.3, -0.25) is 9.98 Å². The number of hydrogen-bond acceptors (Lipinski definition) is 4. The molecular formula is C23H19FN2O3. The molecule has 1 atom stereocenters. The first kappa shape index (κ1) is 18.8. The van der Waals surface area contributed by atoms with E-state index in [0.29, 0.717) is 24.3 Å². The van der Waals surface area contributed by atoms with E-state index in [1.54, 1.807) is 18.3 Å². The molecule has 0 spiro atoms. The van der Waals surface area contributed by atoms with Crippen LogP contribution in [-0.4, -0.2) is 28.9 Å². The molecule has 0 amide bonds. The Balaban J connectivity index is 1.55. The van der Waals surface area contributed by atoms with Crippen LogP contribution in [0.1, 0.15) is 34.7 Å². The maximum absolute atomic E-state index is 14.1. The number of ether oxygens (including phenoxy) is 1. The number of carboxylic acids is 1. The van der Waals surface area contributed by atoms with E-state index in [0.717, 1.165) is 23.3 Å². The molecule has 29 heavy (non-hydrogen) atoms. The number of halogens is 1. The number of nitrogens with zero attached hydrogens (tertiary/aromatic N) is 2. The first-order valence-electron chi connectivity index (χ1n) is 9.35. The highest BCUT2D eigenvalue weighted by Gasteiger charge is 2.21. The Kier molecular flexibility index (Phi) is 5.33. The lowest BCUT2D eigenvalue weighted by atomic mass is 9.89. The summed E-state index contributed by atoms with van der Waals surface area (Å²) in [4.78, 5) is 19.5. The van der Waals surface area contributed by atoms with Gasteiger partial charge in [0.2, 0.25) is 0 Å². The minimum Gasteiger partial charge on any atom is -0.493 e. The van der Waals surface area contributed by atoms with Gasteiger partial charge in [-0.25, -0.2) is 9.18 Å². The van der Waals surface area contributed by atoms with Gasteiger partial charge < -0.3 is 9.84 Å². The Morgan fingerprint density at radius 2 is 2.14 bits per heavy atom. The Morgan fingerprint density at radius 1 is 1.28 bits per heavy atom. The molecule has 5 nitrogen and oxygen atoms in total. The van der Waals surface area contributed by atoms with E-state index < -0.39 is 5.97 Å². The van der Waals surface area contributed by atoms with Gasteiger partial charge >= 0.3 is 5.97 Å². The van der Waals surface area contributed by atoms with Crippen LogP contribution in [-0.2, 0) is 0 Å². The molecule has 1 aromatic heterocycles. The second-order valence-corrected chi connectivity index (χ2v) is 6.81. The molecule has 3 aromatic rings. The van der Waals surface area contributed by atoms with Crippen molar-refractivity contribution in [3.8, 4) is 16.9 Å². The lowest BCUT2D eigenvalue weighted by Gasteiger charge is -2.25. The zero-order valence-corrected chi connectivity index (χ0v) is 15.6. The summed E-state index contributed by atoms with van der Waals surface area (Å²) in [6, 6.07) is 13.9. The van der Waals surface area contributed by atoms with Crippen LogP contribution in [0.15, 0.2) is 65.9 Å². The van der Waals surface area contributed by atoms with Gasteiger partial charge in [0.1, 0.15) is 11.6 Å². The second-order valence-electron chi connectivity index (χ2n) is 6.81. The van der Waals surface area contributed by atoms with Gasteiger partial charge in [-0.05, 0) is 48.1 Å². The Labute approximate surface area is 167 Å². The van der Waals surface area contributed by atoms with Crippen molar-refractivity contribution in [2.75, 3.05) is 6.61 Å². The largest absolute Gasteiger partial charge is 0.493 e. The van der Waals surface area contributed by atoms with E-state index in [9.17, 15) is 14.3 Å². The molecule has 0 aliphatic carbocycles. The minimum atomic E-state index is -1.03. The summed E-state index contributed by atoms with van der Waals surface area (Å²) < 4.78 is 19.9. The fourth-order valence-corrected chi connectivity index (χ4v) is 3.52. The molecule has 0 saturated carbocycles. The molecule has 4 rings (SSSR count). The van der Waals surface area contributed by atoms with Crippen molar-refractivity contribution < 1.29 is 19.0 Å². The average molecular weight is 390 g/mol. The average Bonchev–Trinajstić information content (AvgIpc) is 2.74. The number of aliphatic imine (C=N–C) groups is 1. The molecule has 0 fully saturated rings. The molecule has 6 heteroatoms. The number of aromatic nitrogens is 1. The molecule has 2 heterocycles. The van der Waals surface area contributed by atoms with Gasteiger partial charge in [0.05, 0.1) is 24.1 Å². The van der Waals surface area contributed by atoms with E-state index in [2.05, 4.69) is 9.98 Å². The number of carboxylic acid groups (broad SMARTS) is 1. The van der Waals surface area contributed by atoms with Gasteiger partial charge in [-0.2, -0.15) is 0 Å². The first-order chi connectivity index (χ1) is 14.1. The van der Waals surface area contributed by atoms with Crippen LogP contribution in [0.5, 0.6) is 5.75 Å². The highest BCUT2D eigenvalue weighted by Crippen LogP contribution is 2.38. The van der Waals surface area contributed by atoms with Crippen molar-refractivity contribution in [3.05, 3.63) is 77.9 Å². The lowest BCUT2D eigenvalue weighted by Crippen LogP contribution is -2.14. The third-order valence-electron chi connectivity index (χ3n) is 5.01. The minimum absolute atomic E-state index is 0.123. The number of rotatable bonds is 5. The molecule has 1 unspecified atom stereocenters. The fourth-order valence-electron chi connectivity index (χ4n) is 3.52. The summed E-state index contributed by atoms with van der Waals surface area (Å²) in [5.41, 5.74) is 2.82. The summed E-state index contributed by atoms with van der Waals surface area (Å²) in [5.74, 6) is -0.348. The summed E-state index contributed by atoms with van der Waals surface area (Å²) in [7, 11) is 0. The summed E-state index contributed by atoms with van der Waals surface area (Å²) in [5, 5.41) is 9.24. The van der Waals surface area contributed by atoms with Crippen molar-refractivity contribution >= 4 is 17.9 Å². The van der Waals surface area contributed by atoms with Gasteiger partial charge in [0.15, 0.2) is 0 Å². The highest BCUT2D eigenvalue weighted by atomic mass is 19.1. The van der Waals surface area contributed by atoms with Crippen LogP contribution in [0.3, 0.4) is 0 Å². The zero-order valence-electron chi connectivity index (χ0n) is 15.6. The van der Waals surface area contributed by atoms with Gasteiger partial charge in [0, 0.05) is 18.0 Å². The van der Waals surface area contributed by atoms with E-state index in [1.165, 1.54) is 24.5 Å². The van der Waals surface area contributed by atoms with E-state index in [-0.39, 0.29) is 17.3 Å². The SMILES string of the molecule is O=C(O)c1ccncc1N=CCC1CCOc2cc(-c3ccccc3F)ccc21. The van der Waals surface area contributed by atoms with Crippen LogP contribution in [0, 0.1) is 5.82 Å². The number of carbonyl (C=O) groups is 1. The predicted molar refractivity (Wildman–Crippen MR) is 109 cm³/mol. The van der Waals surface area contributed by atoms with Crippen molar-refractivity contribution in [3.63, 3.8) is 0 Å². The lowest BCUT2D eigenvalue weighted by molar-refractivity contribution is 0.0697. The third-order valence-corrected chi connectivity index (χ3v) is 5.01. The summed E-state index contributed by atoms with van der Waals surface area (Å²) in [6.07, 6.45) is 6.08. The molecule has 0 bridgehead atoms. The van der Waals surface area contributed by atoms with Gasteiger partial charge in [0.25, 0.3) is 0 Å². The number of hydrogen-bond donors (Lipinski definition) is 1. The van der Waals surface area contributed by atoms with Crippen LogP contribution >= 0.6 is 0 Å². The standard InChI is InChI=1S/C23H19FN2O3/c24-20-4-2-1-3-17(20)16-5-6-18-15(9-12-29-22(18)13-16)7-11-26-21-14-25-10-8-19(21)23(27)28/h1-6,8,10-11,13-15H,7,9,12H2,(H,27,28). The van der Waals surface area contributed by atoms with Crippen molar-refractivity contribution in [2.45, 2.75) is 18.8 Å². The van der Waals surface area contributed by atoms with Crippen molar-refractivity contribution in [2.24, 2.45) is 4.99 Å². The number of fused-ring (bicyclic) bond motifs is 1. The van der Waals surface area contributed by atoms with E-state index >= 15 is 0 Å². The van der Waals surface area contributed by atoms with Crippen molar-refractivity contribution in [1.29, 1.82) is 0 Å². The predicted octanol–water partition coefficient (Wildman–Crippen LogP) is 5.24. The molecule has 1 N–H and O–H groups in total. The topological polar surface area (TPSA) is 71.8 Å². The third kappa shape index (κ3) is 4.01. The smallest absolute Gasteiger partial charge is 0.338 e. The van der Waals surface area contributed by atoms with Crippen LogP contribution in [0.2, 0.25) is 0 Å². The van der Waals surface area contributed by atoms with Crippen LogP contribution in [0.4, 0.5) is 10.1 Å². The Morgan fingerprint density at radius 3 is 2.97 bits per heavy atom. The molecule has 146 valence electrons. The Bertz CT molecular complexity index is 1080. The summed E-state index contributed by atoms with van der Waals surface area (Å²) >= 11 is 0. The Hall–Kier alpha value is -3.54. The normalized spacial score (nSPS) is 15.7. The zero-order chi connectivity index (χ0) is 20.2. The highest BCUT2D eigenvalue weighted by molar-refractivity contribution is 5.93. The fraction of sp³-hybridized carbons (Fsp3) is 0.174. The van der Waals surface area contributed by atoms with Crippen LogP contribution in [0.25, 0.3) is 11.1 Å². The first-order valence-corrected chi connectivity index (χ1v) is 9.35. The molecule has 2 aromatic carbocycles. The molecule has 0 radical (unpaired) electrons. The molecule has 1 aliphatic rings. The van der Waals surface area contributed by atoms with Gasteiger partial charge in [-0.1, -0.05) is 30.3 Å². The summed E-state index contributed by atoms with van der Waals surface area (Å²) in [6.45, 7) is 0.569. The van der Waals surface area contributed by atoms with Crippen LogP contribution < -0.4 is 4.74 Å². The maximum Gasteiger partial charge on any atom is 0.338 e.